The number of ether oxygens (including phenoxy) is 1. The van der Waals surface area contributed by atoms with Crippen molar-refractivity contribution in [3.8, 4) is 6.07 Å². The molecule has 6 nitrogen and oxygen atoms in total. The summed E-state index contributed by atoms with van der Waals surface area (Å²) in [6.45, 7) is 2.64. The summed E-state index contributed by atoms with van der Waals surface area (Å²) in [5.41, 5.74) is 7.55. The summed E-state index contributed by atoms with van der Waals surface area (Å²) in [5, 5.41) is 16.8. The Hall–Kier alpha value is -1.58. The molecule has 0 spiro atoms. The molecule has 2 heterocycles. The van der Waals surface area contributed by atoms with E-state index in [1.165, 1.54) is 0 Å². The summed E-state index contributed by atoms with van der Waals surface area (Å²) in [4.78, 5) is 0. The molecular formula is C13H19N5O. The van der Waals surface area contributed by atoms with E-state index in [-0.39, 0.29) is 18.2 Å². The lowest BCUT2D eigenvalue weighted by atomic mass is 9.68. The molecule has 2 aliphatic rings. The molecule has 2 fully saturated rings. The second kappa shape index (κ2) is 4.51. The van der Waals surface area contributed by atoms with Crippen molar-refractivity contribution in [2.24, 2.45) is 18.7 Å². The lowest BCUT2D eigenvalue weighted by Gasteiger charge is -2.52. The topological polar surface area (TPSA) is 88.9 Å². The molecule has 0 radical (unpaired) electrons. The fourth-order valence-electron chi connectivity index (χ4n) is 3.24. The first kappa shape index (κ1) is 12.5. The average Bonchev–Trinajstić information content (AvgIpc) is 2.69. The second-order valence-corrected chi connectivity index (χ2v) is 5.43. The van der Waals surface area contributed by atoms with E-state index in [9.17, 15) is 5.26 Å². The third kappa shape index (κ3) is 1.81. The Kier molecular flexibility index (Phi) is 2.96. The van der Waals surface area contributed by atoms with Crippen LogP contribution in [-0.2, 0) is 11.8 Å². The Labute approximate surface area is 112 Å². The van der Waals surface area contributed by atoms with E-state index in [4.69, 9.17) is 10.5 Å². The Bertz CT molecular complexity index is 532. The molecular weight excluding hydrogens is 242 g/mol. The van der Waals surface area contributed by atoms with Gasteiger partial charge in [0, 0.05) is 25.6 Å². The van der Waals surface area contributed by atoms with Crippen molar-refractivity contribution in [2.45, 2.75) is 38.0 Å². The average molecular weight is 261 g/mol. The van der Waals surface area contributed by atoms with Gasteiger partial charge in [-0.1, -0.05) is 0 Å². The monoisotopic (exact) mass is 261 g/mol. The van der Waals surface area contributed by atoms with Crippen molar-refractivity contribution in [1.82, 2.24) is 9.78 Å². The van der Waals surface area contributed by atoms with Crippen LogP contribution in [0, 0.1) is 24.2 Å². The quantitative estimate of drug-likeness (QED) is 0.810. The predicted molar refractivity (Wildman–Crippen MR) is 70.5 cm³/mol. The largest absolute Gasteiger partial charge is 0.376 e. The van der Waals surface area contributed by atoms with Gasteiger partial charge in [-0.05, 0) is 19.8 Å². The van der Waals surface area contributed by atoms with Crippen LogP contribution in [0.3, 0.4) is 0 Å². The first-order valence-electron chi connectivity index (χ1n) is 6.71. The van der Waals surface area contributed by atoms with Gasteiger partial charge in [-0.15, -0.1) is 0 Å². The van der Waals surface area contributed by atoms with Crippen LogP contribution in [0.15, 0.2) is 0 Å². The van der Waals surface area contributed by atoms with Crippen molar-refractivity contribution in [3.05, 3.63) is 11.3 Å². The minimum atomic E-state index is 0.0761. The van der Waals surface area contributed by atoms with Gasteiger partial charge in [0.1, 0.15) is 17.5 Å². The van der Waals surface area contributed by atoms with E-state index in [2.05, 4.69) is 16.5 Å². The molecule has 0 amide bonds. The van der Waals surface area contributed by atoms with Crippen molar-refractivity contribution >= 4 is 5.82 Å². The molecule has 0 bridgehead atoms. The fourth-order valence-corrected chi connectivity index (χ4v) is 3.24. The molecule has 3 N–H and O–H groups in total. The van der Waals surface area contributed by atoms with E-state index in [0.717, 1.165) is 31.0 Å². The smallest absolute Gasteiger partial charge is 0.142 e. The van der Waals surface area contributed by atoms with Crippen LogP contribution in [0.2, 0.25) is 0 Å². The molecule has 0 aromatic carbocycles. The zero-order valence-corrected chi connectivity index (χ0v) is 11.3. The minimum absolute atomic E-state index is 0.0761. The van der Waals surface area contributed by atoms with Gasteiger partial charge in [0.2, 0.25) is 0 Å². The molecule has 1 aliphatic heterocycles. The number of hydrogen-bond donors (Lipinski definition) is 2. The SMILES string of the molecule is Cc1nn(C)c(NC2C(N)C3CCCOC32)c1C#N. The zero-order valence-electron chi connectivity index (χ0n) is 11.3. The summed E-state index contributed by atoms with van der Waals surface area (Å²) in [5.74, 6) is 1.19. The molecule has 4 atom stereocenters. The summed E-state index contributed by atoms with van der Waals surface area (Å²) < 4.78 is 7.50. The predicted octanol–water partition coefficient (Wildman–Crippen LogP) is 0.517. The number of aryl methyl sites for hydroxylation is 2. The van der Waals surface area contributed by atoms with Crippen LogP contribution in [0.4, 0.5) is 5.82 Å². The zero-order chi connectivity index (χ0) is 13.6. The van der Waals surface area contributed by atoms with E-state index >= 15 is 0 Å². The van der Waals surface area contributed by atoms with Gasteiger partial charge in [0.05, 0.1) is 17.8 Å². The summed E-state index contributed by atoms with van der Waals surface area (Å²) in [6, 6.07) is 2.36. The van der Waals surface area contributed by atoms with Crippen LogP contribution in [0.5, 0.6) is 0 Å². The lowest BCUT2D eigenvalue weighted by Crippen LogP contribution is -2.69. The van der Waals surface area contributed by atoms with Crippen molar-refractivity contribution in [1.29, 1.82) is 5.26 Å². The molecule has 1 aromatic rings. The van der Waals surface area contributed by atoms with Crippen molar-refractivity contribution in [3.63, 3.8) is 0 Å². The van der Waals surface area contributed by atoms with Gasteiger partial charge in [-0.25, -0.2) is 0 Å². The maximum Gasteiger partial charge on any atom is 0.142 e. The van der Waals surface area contributed by atoms with Crippen LogP contribution >= 0.6 is 0 Å². The number of anilines is 1. The highest BCUT2D eigenvalue weighted by Gasteiger charge is 2.50. The highest BCUT2D eigenvalue weighted by Crippen LogP contribution is 2.39. The number of nitrogens with one attached hydrogen (secondary N) is 1. The summed E-state index contributed by atoms with van der Waals surface area (Å²) in [6.07, 6.45) is 2.40. The molecule has 1 aromatic heterocycles. The highest BCUT2D eigenvalue weighted by atomic mass is 16.5. The summed E-state index contributed by atoms with van der Waals surface area (Å²) >= 11 is 0. The van der Waals surface area contributed by atoms with Gasteiger partial charge < -0.3 is 15.8 Å². The van der Waals surface area contributed by atoms with Crippen molar-refractivity contribution < 1.29 is 4.74 Å². The molecule has 3 rings (SSSR count). The number of nitriles is 1. The van der Waals surface area contributed by atoms with E-state index < -0.39 is 0 Å². The van der Waals surface area contributed by atoms with Gasteiger partial charge in [0.15, 0.2) is 0 Å². The third-order valence-corrected chi connectivity index (χ3v) is 4.31. The molecule has 102 valence electrons. The second-order valence-electron chi connectivity index (χ2n) is 5.43. The van der Waals surface area contributed by atoms with Gasteiger partial charge in [0.25, 0.3) is 0 Å². The number of fused-ring (bicyclic) bond motifs is 1. The van der Waals surface area contributed by atoms with Gasteiger partial charge in [-0.3, -0.25) is 4.68 Å². The molecule has 1 saturated carbocycles. The Morgan fingerprint density at radius 2 is 2.37 bits per heavy atom. The van der Waals surface area contributed by atoms with E-state index in [1.54, 1.807) is 4.68 Å². The Morgan fingerprint density at radius 1 is 1.58 bits per heavy atom. The van der Waals surface area contributed by atoms with Crippen LogP contribution < -0.4 is 11.1 Å². The Morgan fingerprint density at radius 3 is 3.11 bits per heavy atom. The first-order valence-corrected chi connectivity index (χ1v) is 6.71. The Balaban J connectivity index is 1.81. The number of nitrogens with two attached hydrogens (primary N) is 1. The molecule has 1 aliphatic carbocycles. The fraction of sp³-hybridized carbons (Fsp3) is 0.692. The maximum atomic E-state index is 9.21. The lowest BCUT2D eigenvalue weighted by molar-refractivity contribution is -0.104. The minimum Gasteiger partial charge on any atom is -0.376 e. The number of hydrogen-bond acceptors (Lipinski definition) is 5. The first-order chi connectivity index (χ1) is 9.13. The standard InChI is InChI=1S/C13H19N5O/c1-7-9(6-14)13(18(2)17-7)16-11-10(15)8-4-3-5-19-12(8)11/h8,10-12,16H,3-5,15H2,1-2H3. The number of rotatable bonds is 2. The normalized spacial score (nSPS) is 33.2. The highest BCUT2D eigenvalue weighted by molar-refractivity contribution is 5.56. The molecule has 19 heavy (non-hydrogen) atoms. The van der Waals surface area contributed by atoms with Crippen LogP contribution in [0.25, 0.3) is 0 Å². The molecule has 6 heteroatoms. The summed E-state index contributed by atoms with van der Waals surface area (Å²) in [7, 11) is 1.83. The maximum absolute atomic E-state index is 9.21. The number of nitrogens with zero attached hydrogens (tertiary/aromatic N) is 3. The third-order valence-electron chi connectivity index (χ3n) is 4.31. The molecule has 4 unspecified atom stereocenters. The van der Waals surface area contributed by atoms with E-state index in [0.29, 0.717) is 11.5 Å². The van der Waals surface area contributed by atoms with E-state index in [1.807, 2.05) is 14.0 Å². The van der Waals surface area contributed by atoms with Gasteiger partial charge >= 0.3 is 0 Å². The number of aromatic nitrogens is 2. The van der Waals surface area contributed by atoms with Crippen molar-refractivity contribution in [2.75, 3.05) is 11.9 Å². The van der Waals surface area contributed by atoms with Gasteiger partial charge in [-0.2, -0.15) is 10.4 Å². The van der Waals surface area contributed by atoms with Crippen LogP contribution in [0.1, 0.15) is 24.1 Å². The van der Waals surface area contributed by atoms with Crippen LogP contribution in [-0.4, -0.2) is 34.6 Å². The molecule has 1 saturated heterocycles.